The monoisotopic (exact) mass is 360 g/mol. The van der Waals surface area contributed by atoms with Gasteiger partial charge >= 0.3 is 0 Å². The predicted octanol–water partition coefficient (Wildman–Crippen LogP) is 2.83. The summed E-state index contributed by atoms with van der Waals surface area (Å²) in [6.07, 6.45) is 0. The van der Waals surface area contributed by atoms with Crippen molar-refractivity contribution in [2.75, 3.05) is 18.5 Å². The number of nitrogens with one attached hydrogen (secondary N) is 2. The first-order valence-corrected chi connectivity index (χ1v) is 8.26. The van der Waals surface area contributed by atoms with E-state index in [1.807, 2.05) is 6.92 Å². The molecule has 1 heterocycles. The molecule has 5 nitrogen and oxygen atoms in total. The molecule has 2 atom stereocenters. The van der Waals surface area contributed by atoms with Gasteiger partial charge in [-0.3, -0.25) is 9.59 Å². The average molecular weight is 360 g/mol. The Bertz CT molecular complexity index is 841. The van der Waals surface area contributed by atoms with Crippen LogP contribution in [0.15, 0.2) is 42.5 Å². The zero-order valence-electron chi connectivity index (χ0n) is 14.1. The lowest BCUT2D eigenvalue weighted by Crippen LogP contribution is -2.32. The molecule has 136 valence electrons. The van der Waals surface area contributed by atoms with Crippen molar-refractivity contribution < 1.29 is 23.1 Å². The minimum Gasteiger partial charge on any atom is -0.494 e. The van der Waals surface area contributed by atoms with E-state index in [-0.39, 0.29) is 12.2 Å². The summed E-state index contributed by atoms with van der Waals surface area (Å²) in [5.74, 6) is -4.20. The summed E-state index contributed by atoms with van der Waals surface area (Å²) in [5.41, 5.74) is 0.464. The van der Waals surface area contributed by atoms with E-state index in [0.717, 1.165) is 11.6 Å². The second kappa shape index (κ2) is 7.51. The van der Waals surface area contributed by atoms with Crippen LogP contribution in [0.5, 0.6) is 5.75 Å². The molecule has 1 aliphatic heterocycles. The molecule has 1 aliphatic rings. The van der Waals surface area contributed by atoms with Gasteiger partial charge in [0.05, 0.1) is 12.3 Å². The third-order valence-corrected chi connectivity index (χ3v) is 4.27. The van der Waals surface area contributed by atoms with E-state index in [9.17, 15) is 18.4 Å². The molecule has 0 bridgehead atoms. The quantitative estimate of drug-likeness (QED) is 0.806. The van der Waals surface area contributed by atoms with E-state index in [1.165, 1.54) is 12.1 Å². The summed E-state index contributed by atoms with van der Waals surface area (Å²) >= 11 is 0. The lowest BCUT2D eigenvalue weighted by atomic mass is 9.87. The summed E-state index contributed by atoms with van der Waals surface area (Å²) in [6, 6.07) is 10.6. The van der Waals surface area contributed by atoms with Gasteiger partial charge in [-0.2, -0.15) is 0 Å². The number of anilines is 1. The Balaban J connectivity index is 1.84. The van der Waals surface area contributed by atoms with Crippen molar-refractivity contribution in [2.45, 2.75) is 12.8 Å². The van der Waals surface area contributed by atoms with Crippen LogP contribution in [0.3, 0.4) is 0 Å². The molecule has 0 aromatic heterocycles. The molecular weight excluding hydrogens is 342 g/mol. The van der Waals surface area contributed by atoms with Gasteiger partial charge in [0, 0.05) is 12.5 Å². The lowest BCUT2D eigenvalue weighted by molar-refractivity contribution is -0.130. The van der Waals surface area contributed by atoms with Crippen LogP contribution < -0.4 is 15.4 Å². The third kappa shape index (κ3) is 3.51. The Morgan fingerprint density at radius 1 is 1.27 bits per heavy atom. The van der Waals surface area contributed by atoms with Crippen LogP contribution in [0, 0.1) is 17.6 Å². The molecule has 26 heavy (non-hydrogen) atoms. The van der Waals surface area contributed by atoms with E-state index in [0.29, 0.717) is 12.4 Å². The molecular formula is C19H18F2N2O3. The Hall–Kier alpha value is -2.96. The van der Waals surface area contributed by atoms with Gasteiger partial charge in [-0.05, 0) is 36.8 Å². The molecule has 2 N–H and O–H groups in total. The topological polar surface area (TPSA) is 67.4 Å². The molecule has 2 aromatic rings. The number of hydrogen-bond donors (Lipinski definition) is 2. The first-order chi connectivity index (χ1) is 12.5. The van der Waals surface area contributed by atoms with Gasteiger partial charge in [0.25, 0.3) is 0 Å². The van der Waals surface area contributed by atoms with Crippen LogP contribution in [-0.4, -0.2) is 25.0 Å². The molecule has 0 spiro atoms. The highest BCUT2D eigenvalue weighted by atomic mass is 19.2. The zero-order chi connectivity index (χ0) is 18.7. The Labute approximate surface area is 149 Å². The molecule has 2 amide bonds. The number of amides is 2. The molecule has 0 unspecified atom stereocenters. The van der Waals surface area contributed by atoms with E-state index in [2.05, 4.69) is 10.6 Å². The number of benzene rings is 2. The van der Waals surface area contributed by atoms with Crippen molar-refractivity contribution in [1.82, 2.24) is 5.32 Å². The summed E-state index contributed by atoms with van der Waals surface area (Å²) in [6.45, 7) is 2.63. The SMILES string of the molecule is CCOc1cccc([C@H]2CNC(=O)[C@@H]2C(=O)Nc2cccc(F)c2F)c1. The van der Waals surface area contributed by atoms with Crippen LogP contribution in [0.2, 0.25) is 0 Å². The molecule has 3 rings (SSSR count). The third-order valence-electron chi connectivity index (χ3n) is 4.27. The van der Waals surface area contributed by atoms with Crippen LogP contribution in [-0.2, 0) is 9.59 Å². The van der Waals surface area contributed by atoms with E-state index in [1.54, 1.807) is 24.3 Å². The molecule has 7 heteroatoms. The fourth-order valence-corrected chi connectivity index (χ4v) is 3.05. The van der Waals surface area contributed by atoms with Crippen molar-refractivity contribution >= 4 is 17.5 Å². The highest BCUT2D eigenvalue weighted by Crippen LogP contribution is 2.32. The van der Waals surface area contributed by atoms with Gasteiger partial charge < -0.3 is 15.4 Å². The van der Waals surface area contributed by atoms with Crippen LogP contribution in [0.4, 0.5) is 14.5 Å². The standard InChI is InChI=1S/C19H18F2N2O3/c1-2-26-12-6-3-5-11(9-12)13-10-22-18(24)16(13)19(25)23-15-8-4-7-14(20)17(15)21/h3-9,13,16H,2,10H2,1H3,(H,22,24)(H,23,25)/t13-,16-/m1/s1. The van der Waals surface area contributed by atoms with Gasteiger partial charge in [-0.15, -0.1) is 0 Å². The smallest absolute Gasteiger partial charge is 0.237 e. The maximum atomic E-state index is 13.8. The molecule has 0 saturated carbocycles. The van der Waals surface area contributed by atoms with Gasteiger partial charge in [0.1, 0.15) is 11.7 Å². The van der Waals surface area contributed by atoms with Crippen LogP contribution in [0.25, 0.3) is 0 Å². The van der Waals surface area contributed by atoms with E-state index in [4.69, 9.17) is 4.74 Å². The van der Waals surface area contributed by atoms with Crippen molar-refractivity contribution in [3.63, 3.8) is 0 Å². The number of carbonyl (C=O) groups is 2. The molecule has 0 aliphatic carbocycles. The first-order valence-electron chi connectivity index (χ1n) is 8.26. The number of carbonyl (C=O) groups excluding carboxylic acids is 2. The normalized spacial score (nSPS) is 19.1. The highest BCUT2D eigenvalue weighted by Gasteiger charge is 2.41. The number of rotatable bonds is 5. The van der Waals surface area contributed by atoms with Crippen LogP contribution in [0.1, 0.15) is 18.4 Å². The number of halogens is 2. The molecule has 1 saturated heterocycles. The summed E-state index contributed by atoms with van der Waals surface area (Å²) in [4.78, 5) is 24.8. The summed E-state index contributed by atoms with van der Waals surface area (Å²) < 4.78 is 32.6. The largest absolute Gasteiger partial charge is 0.494 e. The minimum atomic E-state index is -1.16. The fourth-order valence-electron chi connectivity index (χ4n) is 3.05. The number of hydrogen-bond acceptors (Lipinski definition) is 3. The van der Waals surface area contributed by atoms with Gasteiger partial charge in [-0.25, -0.2) is 8.78 Å². The lowest BCUT2D eigenvalue weighted by Gasteiger charge is -2.18. The van der Waals surface area contributed by atoms with Crippen molar-refractivity contribution in [1.29, 1.82) is 0 Å². The van der Waals surface area contributed by atoms with Crippen molar-refractivity contribution in [3.05, 3.63) is 59.7 Å². The maximum Gasteiger partial charge on any atom is 0.237 e. The average Bonchev–Trinajstić information content (AvgIpc) is 3.01. The molecule has 0 radical (unpaired) electrons. The Morgan fingerprint density at radius 3 is 2.81 bits per heavy atom. The summed E-state index contributed by atoms with van der Waals surface area (Å²) in [5, 5.41) is 4.97. The number of ether oxygens (including phenoxy) is 1. The van der Waals surface area contributed by atoms with Gasteiger partial charge in [-0.1, -0.05) is 18.2 Å². The zero-order valence-corrected chi connectivity index (χ0v) is 14.1. The Kier molecular flexibility index (Phi) is 5.16. The summed E-state index contributed by atoms with van der Waals surface area (Å²) in [7, 11) is 0. The highest BCUT2D eigenvalue weighted by molar-refractivity contribution is 6.08. The van der Waals surface area contributed by atoms with Gasteiger partial charge in [0.15, 0.2) is 11.6 Å². The molecule has 1 fully saturated rings. The van der Waals surface area contributed by atoms with E-state index < -0.39 is 35.3 Å². The van der Waals surface area contributed by atoms with Crippen molar-refractivity contribution in [2.24, 2.45) is 5.92 Å². The second-order valence-electron chi connectivity index (χ2n) is 5.93. The maximum absolute atomic E-state index is 13.8. The first kappa shape index (κ1) is 17.8. The van der Waals surface area contributed by atoms with Crippen molar-refractivity contribution in [3.8, 4) is 5.75 Å². The fraction of sp³-hybridized carbons (Fsp3) is 0.263. The van der Waals surface area contributed by atoms with E-state index >= 15 is 0 Å². The van der Waals surface area contributed by atoms with Crippen LogP contribution >= 0.6 is 0 Å². The van der Waals surface area contributed by atoms with Gasteiger partial charge in [0.2, 0.25) is 11.8 Å². The predicted molar refractivity (Wildman–Crippen MR) is 91.8 cm³/mol. The minimum absolute atomic E-state index is 0.276. The molecule has 2 aromatic carbocycles. The second-order valence-corrected chi connectivity index (χ2v) is 5.93. The Morgan fingerprint density at radius 2 is 2.04 bits per heavy atom.